The van der Waals surface area contributed by atoms with Crippen molar-refractivity contribution in [1.29, 1.82) is 0 Å². The summed E-state index contributed by atoms with van der Waals surface area (Å²) < 4.78 is 32.3. The second-order valence-corrected chi connectivity index (χ2v) is 17.1. The Labute approximate surface area is 201 Å². The maximum absolute atomic E-state index is 13.9. The van der Waals surface area contributed by atoms with Gasteiger partial charge in [0.15, 0.2) is 5.85 Å². The lowest BCUT2D eigenvalue weighted by Gasteiger charge is -2.45. The van der Waals surface area contributed by atoms with E-state index in [0.29, 0.717) is 16.6 Å². The normalized spacial score (nSPS) is 14.8. The Morgan fingerprint density at radius 1 is 0.727 bits per heavy atom. The van der Waals surface area contributed by atoms with Gasteiger partial charge in [-0.15, -0.1) is 0 Å². The molecule has 5 nitrogen and oxygen atoms in total. The molecule has 0 heterocycles. The van der Waals surface area contributed by atoms with Gasteiger partial charge in [0, 0.05) is 0 Å². The van der Waals surface area contributed by atoms with E-state index in [1.807, 2.05) is 60.7 Å². The number of hydrogen-bond donors (Lipinski definition) is 1. The molecule has 0 aliphatic carbocycles. The molecule has 2 atom stereocenters. The molecule has 184 valence electrons. The smallest absolute Gasteiger partial charge is 0.362 e. The van der Waals surface area contributed by atoms with Crippen LogP contribution in [-0.4, -0.2) is 25.4 Å². The molecule has 0 aliphatic rings. The SMILES string of the molecule is CC(C)[Si](O[C@@H](C)[C@@H](O)P(=O)(OCc1ccccc1)OCc1ccccc1)(C(C)C)C(C)C. The summed E-state index contributed by atoms with van der Waals surface area (Å²) in [5.41, 5.74) is 2.72. The largest absolute Gasteiger partial charge is 0.410 e. The first kappa shape index (κ1) is 28.0. The van der Waals surface area contributed by atoms with Gasteiger partial charge in [-0.3, -0.25) is 4.57 Å². The summed E-state index contributed by atoms with van der Waals surface area (Å²) in [5.74, 6) is -1.40. The average Bonchev–Trinajstić information content (AvgIpc) is 2.79. The fraction of sp³-hybridized carbons (Fsp3) is 0.538. The summed E-state index contributed by atoms with van der Waals surface area (Å²) in [4.78, 5) is 0. The molecule has 0 radical (unpaired) electrons. The van der Waals surface area contributed by atoms with Crippen molar-refractivity contribution in [2.45, 2.75) is 90.3 Å². The highest BCUT2D eigenvalue weighted by atomic mass is 31.2. The van der Waals surface area contributed by atoms with Crippen molar-refractivity contribution in [3.05, 3.63) is 71.8 Å². The van der Waals surface area contributed by atoms with Crippen LogP contribution in [0.5, 0.6) is 0 Å². The van der Waals surface area contributed by atoms with Crippen molar-refractivity contribution in [1.82, 2.24) is 0 Å². The Balaban J connectivity index is 2.28. The molecular weight excluding hydrogens is 451 g/mol. The topological polar surface area (TPSA) is 65.0 Å². The van der Waals surface area contributed by atoms with Crippen molar-refractivity contribution < 1.29 is 23.1 Å². The minimum absolute atomic E-state index is 0.0812. The minimum atomic E-state index is -3.92. The first-order chi connectivity index (χ1) is 15.5. The predicted molar refractivity (Wildman–Crippen MR) is 138 cm³/mol. The van der Waals surface area contributed by atoms with E-state index in [1.54, 1.807) is 6.92 Å². The molecule has 0 saturated carbocycles. The maximum atomic E-state index is 13.9. The third-order valence-corrected chi connectivity index (χ3v) is 14.6. The summed E-state index contributed by atoms with van der Waals surface area (Å²) in [6.45, 7) is 15.0. The molecule has 7 heteroatoms. The minimum Gasteiger partial charge on any atom is -0.410 e. The summed E-state index contributed by atoms with van der Waals surface area (Å²) >= 11 is 0. The number of aliphatic hydroxyl groups is 1. The molecule has 33 heavy (non-hydrogen) atoms. The van der Waals surface area contributed by atoms with Crippen LogP contribution in [0.4, 0.5) is 0 Å². The standard InChI is InChI=1S/C26H41O5PSi/c1-20(2)33(21(3)4,22(5)6)31-23(7)26(27)32(28,29-18-24-14-10-8-11-15-24)30-19-25-16-12-9-13-17-25/h8-17,20-23,26-27H,18-19H2,1-7H3/t23-,26-/m0/s1. The van der Waals surface area contributed by atoms with Crippen molar-refractivity contribution in [2.24, 2.45) is 0 Å². The van der Waals surface area contributed by atoms with Crippen LogP contribution in [0.15, 0.2) is 60.7 Å². The van der Waals surface area contributed by atoms with E-state index < -0.39 is 27.9 Å². The Morgan fingerprint density at radius 3 is 1.42 bits per heavy atom. The van der Waals surface area contributed by atoms with E-state index in [2.05, 4.69) is 41.5 Å². The van der Waals surface area contributed by atoms with Gasteiger partial charge in [-0.1, -0.05) is 102 Å². The van der Waals surface area contributed by atoms with Crippen molar-refractivity contribution in [3.63, 3.8) is 0 Å². The van der Waals surface area contributed by atoms with Crippen LogP contribution < -0.4 is 0 Å². The lowest BCUT2D eigenvalue weighted by Crippen LogP contribution is -2.51. The molecule has 0 amide bonds. The zero-order valence-electron chi connectivity index (χ0n) is 21.1. The molecule has 1 N–H and O–H groups in total. The number of rotatable bonds is 13. The lowest BCUT2D eigenvalue weighted by atomic mass is 10.2. The molecule has 2 aromatic rings. The molecule has 0 bridgehead atoms. The van der Waals surface area contributed by atoms with Crippen LogP contribution in [0.25, 0.3) is 0 Å². The van der Waals surface area contributed by atoms with E-state index in [1.165, 1.54) is 0 Å². The lowest BCUT2D eigenvalue weighted by molar-refractivity contribution is 0.0505. The van der Waals surface area contributed by atoms with E-state index >= 15 is 0 Å². The Bertz CT molecular complexity index is 803. The van der Waals surface area contributed by atoms with E-state index in [-0.39, 0.29) is 13.2 Å². The zero-order chi connectivity index (χ0) is 24.6. The molecular formula is C26H41O5PSi. The first-order valence-corrected chi connectivity index (χ1v) is 15.6. The van der Waals surface area contributed by atoms with Crippen LogP contribution in [0.1, 0.15) is 59.6 Å². The van der Waals surface area contributed by atoms with Crippen LogP contribution in [-0.2, 0) is 31.3 Å². The highest BCUT2D eigenvalue weighted by molar-refractivity contribution is 7.54. The van der Waals surface area contributed by atoms with E-state index in [9.17, 15) is 9.67 Å². The molecule has 0 spiro atoms. The molecule has 0 fully saturated rings. The monoisotopic (exact) mass is 492 g/mol. The zero-order valence-corrected chi connectivity index (χ0v) is 23.0. The average molecular weight is 493 g/mol. The summed E-state index contributed by atoms with van der Waals surface area (Å²) in [7, 11) is -6.22. The highest BCUT2D eigenvalue weighted by Gasteiger charge is 2.49. The first-order valence-electron chi connectivity index (χ1n) is 11.9. The molecule has 0 saturated heterocycles. The summed E-state index contributed by atoms with van der Waals surface area (Å²) in [6, 6.07) is 19.0. The van der Waals surface area contributed by atoms with Gasteiger partial charge in [0.2, 0.25) is 8.32 Å². The number of hydrogen-bond acceptors (Lipinski definition) is 5. The maximum Gasteiger partial charge on any atom is 0.362 e. The van der Waals surface area contributed by atoms with Crippen LogP contribution in [0, 0.1) is 0 Å². The summed E-state index contributed by atoms with van der Waals surface area (Å²) in [6.07, 6.45) is -0.693. The molecule has 0 aromatic heterocycles. The van der Waals surface area contributed by atoms with Gasteiger partial charge in [-0.2, -0.15) is 0 Å². The number of benzene rings is 2. The Hall–Kier alpha value is -1.27. The third kappa shape index (κ3) is 7.11. The van der Waals surface area contributed by atoms with Crippen LogP contribution in [0.3, 0.4) is 0 Å². The third-order valence-electron chi connectivity index (χ3n) is 6.35. The van der Waals surface area contributed by atoms with Gasteiger partial charge in [-0.25, -0.2) is 0 Å². The summed E-state index contributed by atoms with van der Waals surface area (Å²) in [5, 5.41) is 11.3. The van der Waals surface area contributed by atoms with Gasteiger partial charge in [0.1, 0.15) is 0 Å². The van der Waals surface area contributed by atoms with Crippen molar-refractivity contribution >= 4 is 15.9 Å². The van der Waals surface area contributed by atoms with E-state index in [4.69, 9.17) is 13.5 Å². The quantitative estimate of drug-likeness (QED) is 0.231. The van der Waals surface area contributed by atoms with Gasteiger partial charge in [0.25, 0.3) is 0 Å². The number of aliphatic hydroxyl groups excluding tert-OH is 1. The Kier molecular flexibility index (Phi) is 10.5. The fourth-order valence-corrected chi connectivity index (χ4v) is 12.0. The highest BCUT2D eigenvalue weighted by Crippen LogP contribution is 2.56. The van der Waals surface area contributed by atoms with Crippen LogP contribution >= 0.6 is 7.60 Å². The van der Waals surface area contributed by atoms with Gasteiger partial charge in [-0.05, 0) is 34.7 Å². The van der Waals surface area contributed by atoms with Crippen molar-refractivity contribution in [2.75, 3.05) is 0 Å². The van der Waals surface area contributed by atoms with Gasteiger partial charge >= 0.3 is 7.60 Å². The second-order valence-electron chi connectivity index (χ2n) is 9.61. The fourth-order valence-electron chi connectivity index (χ4n) is 4.72. The van der Waals surface area contributed by atoms with Gasteiger partial charge in [0.05, 0.1) is 19.3 Å². The molecule has 0 aliphatic heterocycles. The molecule has 2 aromatic carbocycles. The Morgan fingerprint density at radius 2 is 1.09 bits per heavy atom. The van der Waals surface area contributed by atoms with Gasteiger partial charge < -0.3 is 18.6 Å². The van der Waals surface area contributed by atoms with Crippen LogP contribution in [0.2, 0.25) is 16.6 Å². The van der Waals surface area contributed by atoms with Crippen molar-refractivity contribution in [3.8, 4) is 0 Å². The molecule has 2 rings (SSSR count). The second kappa shape index (κ2) is 12.4. The molecule has 0 unspecified atom stereocenters. The predicted octanol–water partition coefficient (Wildman–Crippen LogP) is 7.51. The van der Waals surface area contributed by atoms with E-state index in [0.717, 1.165) is 11.1 Å².